The molecule has 2 bridgehead atoms. The smallest absolute Gasteiger partial charge is 0.204 e. The first-order valence-electron chi connectivity index (χ1n) is 5.17. The number of fused-ring (bicyclic) bond motifs is 2. The van der Waals surface area contributed by atoms with Crippen LogP contribution in [-0.4, -0.2) is 20.8 Å². The molecule has 0 amide bonds. The van der Waals surface area contributed by atoms with E-state index in [1.807, 2.05) is 0 Å². The van der Waals surface area contributed by atoms with Gasteiger partial charge in [-0.1, -0.05) is 6.42 Å². The highest BCUT2D eigenvalue weighted by Crippen LogP contribution is 2.54. The Morgan fingerprint density at radius 1 is 1.18 bits per heavy atom. The van der Waals surface area contributed by atoms with Crippen LogP contribution in [0, 0.1) is 17.8 Å². The molecule has 0 radical (unpaired) electrons. The van der Waals surface area contributed by atoms with Crippen LogP contribution in [-0.2, 0) is 20.5 Å². The lowest BCUT2D eigenvalue weighted by Gasteiger charge is -2.29. The molecule has 8 heteroatoms. The Kier molecular flexibility index (Phi) is 4.88. The van der Waals surface area contributed by atoms with E-state index in [2.05, 4.69) is 11.2 Å². The molecule has 0 aromatic rings. The number of alkyl halides is 4. The van der Waals surface area contributed by atoms with Gasteiger partial charge >= 0.3 is 12.3 Å². The zero-order valence-corrected chi connectivity index (χ0v) is 10.4. The largest absolute Gasteiger partial charge is 0.310 e. The molecule has 17 heavy (non-hydrogen) atoms. The van der Waals surface area contributed by atoms with Gasteiger partial charge in [-0.15, -0.1) is 0 Å². The lowest BCUT2D eigenvalue weighted by molar-refractivity contribution is -0.176. The van der Waals surface area contributed by atoms with Gasteiger partial charge in [0, 0.05) is 5.92 Å². The Balaban J connectivity index is 0.000000317. The Bertz CT molecular complexity index is 361. The average molecular weight is 292 g/mol. The molecule has 0 saturated heterocycles. The molecular formula is C9H12F4O2S2. The van der Waals surface area contributed by atoms with Crippen molar-refractivity contribution in [2.24, 2.45) is 17.8 Å². The highest BCUT2D eigenvalue weighted by Gasteiger charge is 2.56. The van der Waals surface area contributed by atoms with E-state index in [0.717, 1.165) is 19.3 Å². The van der Waals surface area contributed by atoms with Crippen LogP contribution in [0.15, 0.2) is 0 Å². The quantitative estimate of drug-likeness (QED) is 0.734. The molecule has 2 aliphatic rings. The molecule has 100 valence electrons. The van der Waals surface area contributed by atoms with Crippen LogP contribution in [0.1, 0.15) is 25.7 Å². The van der Waals surface area contributed by atoms with Gasteiger partial charge in [-0.3, -0.25) is 0 Å². The lowest BCUT2D eigenvalue weighted by atomic mass is 9.84. The van der Waals surface area contributed by atoms with Crippen LogP contribution in [0.3, 0.4) is 0 Å². The van der Waals surface area contributed by atoms with Crippen LogP contribution >= 0.6 is 0 Å². The van der Waals surface area contributed by atoms with E-state index in [0.29, 0.717) is 12.3 Å². The third-order valence-electron chi connectivity index (χ3n) is 3.52. The van der Waals surface area contributed by atoms with Gasteiger partial charge in [0.25, 0.3) is 9.26 Å². The van der Waals surface area contributed by atoms with Crippen LogP contribution in [0.5, 0.6) is 0 Å². The zero-order chi connectivity index (χ0) is 13.2. The van der Waals surface area contributed by atoms with Gasteiger partial charge in [0.05, 0.1) is 11.2 Å². The van der Waals surface area contributed by atoms with Crippen molar-refractivity contribution in [1.82, 2.24) is 0 Å². The molecule has 3 atom stereocenters. The Hall–Kier alpha value is -0.240. The van der Waals surface area contributed by atoms with E-state index < -0.39 is 27.5 Å². The number of halogens is 4. The average Bonchev–Trinajstić information content (AvgIpc) is 2.77. The normalized spacial score (nSPS) is 31.2. The van der Waals surface area contributed by atoms with Crippen molar-refractivity contribution in [3.63, 3.8) is 0 Å². The first-order chi connectivity index (χ1) is 7.75. The molecule has 0 aromatic carbocycles. The molecule has 2 saturated carbocycles. The summed E-state index contributed by atoms with van der Waals surface area (Å²) in [6.45, 7) is 0. The molecule has 0 aromatic heterocycles. The van der Waals surface area contributed by atoms with Crippen molar-refractivity contribution in [3.05, 3.63) is 0 Å². The SMILES string of the molecule is FC(F)C(F)(F)C1CC2CCC1C2.O=S(=O)=S. The molecule has 2 fully saturated rings. The molecule has 0 heterocycles. The summed E-state index contributed by atoms with van der Waals surface area (Å²) in [4.78, 5) is 0. The van der Waals surface area contributed by atoms with Crippen molar-refractivity contribution in [2.75, 3.05) is 0 Å². The summed E-state index contributed by atoms with van der Waals surface area (Å²) in [5.74, 6) is -4.65. The van der Waals surface area contributed by atoms with Crippen molar-refractivity contribution >= 4 is 20.5 Å². The van der Waals surface area contributed by atoms with E-state index in [4.69, 9.17) is 8.42 Å². The second-order valence-corrected chi connectivity index (χ2v) is 5.69. The first-order valence-corrected chi connectivity index (χ1v) is 7.17. The summed E-state index contributed by atoms with van der Waals surface area (Å²) >= 11 is 3.54. The minimum atomic E-state index is -3.75. The van der Waals surface area contributed by atoms with Crippen molar-refractivity contribution < 1.29 is 26.0 Å². The summed E-state index contributed by atoms with van der Waals surface area (Å²) in [6.07, 6.45) is -0.760. The van der Waals surface area contributed by atoms with E-state index in [1.165, 1.54) is 0 Å². The highest BCUT2D eigenvalue weighted by molar-refractivity contribution is 8.14. The Morgan fingerprint density at radius 3 is 2.00 bits per heavy atom. The van der Waals surface area contributed by atoms with E-state index in [9.17, 15) is 17.6 Å². The zero-order valence-electron chi connectivity index (χ0n) is 8.78. The summed E-state index contributed by atoms with van der Waals surface area (Å²) in [6, 6.07) is 0. The molecular weight excluding hydrogens is 280 g/mol. The fourth-order valence-corrected chi connectivity index (χ4v) is 2.88. The van der Waals surface area contributed by atoms with E-state index in [-0.39, 0.29) is 5.92 Å². The van der Waals surface area contributed by atoms with Gasteiger partial charge < -0.3 is 0 Å². The van der Waals surface area contributed by atoms with Gasteiger partial charge in [-0.25, -0.2) is 8.78 Å². The fraction of sp³-hybridized carbons (Fsp3) is 1.00. The standard InChI is InChI=1S/C9H12F4.O2S2/c10-8(11)9(12,13)7-4-5-1-2-6(7)3-5;1-4(2)3/h5-8H,1-4H2;. The summed E-state index contributed by atoms with van der Waals surface area (Å²) < 4.78 is 67.6. The topological polar surface area (TPSA) is 34.1 Å². The third kappa shape index (κ3) is 3.61. The van der Waals surface area contributed by atoms with E-state index >= 15 is 0 Å². The molecule has 0 aliphatic heterocycles. The highest BCUT2D eigenvalue weighted by atomic mass is 32.8. The van der Waals surface area contributed by atoms with E-state index in [1.54, 1.807) is 0 Å². The molecule has 2 nitrogen and oxygen atoms in total. The van der Waals surface area contributed by atoms with Gasteiger partial charge in [0.2, 0.25) is 0 Å². The van der Waals surface area contributed by atoms with Gasteiger partial charge in [0.1, 0.15) is 0 Å². The number of hydrogen-bond acceptors (Lipinski definition) is 3. The second kappa shape index (κ2) is 5.60. The second-order valence-electron chi connectivity index (χ2n) is 4.46. The maximum atomic E-state index is 13.0. The molecule has 2 rings (SSSR count). The van der Waals surface area contributed by atoms with Gasteiger partial charge in [0.15, 0.2) is 0 Å². The van der Waals surface area contributed by atoms with Crippen molar-refractivity contribution in [3.8, 4) is 0 Å². The minimum absolute atomic E-state index is 0.144. The van der Waals surface area contributed by atoms with Gasteiger partial charge in [-0.05, 0) is 31.1 Å². The van der Waals surface area contributed by atoms with Crippen LogP contribution < -0.4 is 0 Å². The monoisotopic (exact) mass is 292 g/mol. The molecule has 0 spiro atoms. The third-order valence-corrected chi connectivity index (χ3v) is 3.52. The first kappa shape index (κ1) is 14.8. The fourth-order valence-electron chi connectivity index (χ4n) is 2.88. The van der Waals surface area contributed by atoms with Crippen LogP contribution in [0.4, 0.5) is 17.6 Å². The van der Waals surface area contributed by atoms with Crippen molar-refractivity contribution in [1.29, 1.82) is 0 Å². The predicted molar refractivity (Wildman–Crippen MR) is 56.2 cm³/mol. The number of rotatable bonds is 2. The van der Waals surface area contributed by atoms with Gasteiger partial charge in [-0.2, -0.15) is 17.2 Å². The number of hydrogen-bond donors (Lipinski definition) is 0. The summed E-state index contributed by atoms with van der Waals surface area (Å²) in [5.41, 5.74) is 0. The van der Waals surface area contributed by atoms with Crippen molar-refractivity contribution in [2.45, 2.75) is 38.0 Å². The molecule has 0 N–H and O–H groups in total. The summed E-state index contributed by atoms with van der Waals surface area (Å²) in [5, 5.41) is 0. The molecule has 2 aliphatic carbocycles. The van der Waals surface area contributed by atoms with Crippen LogP contribution in [0.2, 0.25) is 0 Å². The predicted octanol–water partition coefficient (Wildman–Crippen LogP) is 2.65. The summed E-state index contributed by atoms with van der Waals surface area (Å²) in [7, 11) is -2.28. The minimum Gasteiger partial charge on any atom is -0.204 e. The maximum absolute atomic E-state index is 13.0. The lowest BCUT2D eigenvalue weighted by Crippen LogP contribution is -2.38. The van der Waals surface area contributed by atoms with Crippen LogP contribution in [0.25, 0.3) is 0 Å². The molecule has 3 unspecified atom stereocenters. The Labute approximate surface area is 103 Å². The maximum Gasteiger partial charge on any atom is 0.310 e. The Morgan fingerprint density at radius 2 is 1.71 bits per heavy atom.